The highest BCUT2D eigenvalue weighted by atomic mass is 16.6. The molecule has 1 amide bonds. The number of carbonyl (C=O) groups excluding carboxylic acids is 2. The Morgan fingerprint density at radius 3 is 2.64 bits per heavy atom. The van der Waals surface area contributed by atoms with Crippen LogP contribution < -0.4 is 10.2 Å². The fourth-order valence-corrected chi connectivity index (χ4v) is 3.33. The number of hydrogen-bond donors (Lipinski definition) is 1. The Morgan fingerprint density at radius 2 is 2.00 bits per heavy atom. The van der Waals surface area contributed by atoms with Gasteiger partial charge in [0.15, 0.2) is 6.61 Å². The molecule has 0 radical (unpaired) electrons. The van der Waals surface area contributed by atoms with E-state index in [0.717, 1.165) is 51.6 Å². The van der Waals surface area contributed by atoms with E-state index in [2.05, 4.69) is 12.2 Å². The maximum absolute atomic E-state index is 12.2. The molecule has 1 atom stereocenters. The maximum Gasteiger partial charge on any atom is 0.338 e. The molecule has 1 aromatic carbocycles. The molecule has 8 nitrogen and oxygen atoms in total. The summed E-state index contributed by atoms with van der Waals surface area (Å²) in [6.07, 6.45) is 6.12. The van der Waals surface area contributed by atoms with Gasteiger partial charge in [0.2, 0.25) is 0 Å². The largest absolute Gasteiger partial charge is 0.452 e. The summed E-state index contributed by atoms with van der Waals surface area (Å²) in [5.41, 5.74) is 0.460. The minimum absolute atomic E-state index is 0.0126. The fourth-order valence-electron chi connectivity index (χ4n) is 3.33. The summed E-state index contributed by atoms with van der Waals surface area (Å²) >= 11 is 0. The van der Waals surface area contributed by atoms with Crippen molar-refractivity contribution in [3.63, 3.8) is 0 Å². The standard InChI is InChI=1S/C20H29N3O5/c1-3-4-5-8-15(2)21-19(24)14-28-20(25)16-9-10-17(18(13-16)23(26)27)22-11-6-7-12-22/h9-10,13,15H,3-8,11-12,14H2,1-2H3,(H,21,24)/t15-/m1/s1. The van der Waals surface area contributed by atoms with E-state index in [1.54, 1.807) is 6.07 Å². The third-order valence-corrected chi connectivity index (χ3v) is 4.84. The van der Waals surface area contributed by atoms with E-state index in [-0.39, 0.29) is 23.2 Å². The van der Waals surface area contributed by atoms with E-state index in [1.807, 2.05) is 11.8 Å². The summed E-state index contributed by atoms with van der Waals surface area (Å²) in [5, 5.41) is 14.2. The molecule has 1 heterocycles. The average molecular weight is 391 g/mol. The van der Waals surface area contributed by atoms with Gasteiger partial charge >= 0.3 is 5.97 Å². The molecule has 0 spiro atoms. The quantitative estimate of drug-likeness (QED) is 0.284. The van der Waals surface area contributed by atoms with Crippen molar-refractivity contribution in [2.45, 2.75) is 58.4 Å². The highest BCUT2D eigenvalue weighted by molar-refractivity contribution is 5.93. The van der Waals surface area contributed by atoms with E-state index in [0.29, 0.717) is 5.69 Å². The number of nitro groups is 1. The molecule has 0 aliphatic carbocycles. The Morgan fingerprint density at radius 1 is 1.29 bits per heavy atom. The number of nitrogens with zero attached hydrogens (tertiary/aromatic N) is 2. The van der Waals surface area contributed by atoms with Crippen LogP contribution in [0.1, 0.15) is 62.7 Å². The number of rotatable bonds is 10. The third kappa shape index (κ3) is 6.21. The van der Waals surface area contributed by atoms with Crippen LogP contribution in [0.5, 0.6) is 0 Å². The van der Waals surface area contributed by atoms with Gasteiger partial charge in [-0.05, 0) is 38.3 Å². The summed E-state index contributed by atoms with van der Waals surface area (Å²) in [6, 6.07) is 4.32. The summed E-state index contributed by atoms with van der Waals surface area (Å²) < 4.78 is 5.03. The zero-order valence-corrected chi connectivity index (χ0v) is 16.6. The van der Waals surface area contributed by atoms with Gasteiger partial charge in [-0.25, -0.2) is 4.79 Å². The van der Waals surface area contributed by atoms with Crippen molar-refractivity contribution in [1.82, 2.24) is 5.32 Å². The van der Waals surface area contributed by atoms with Crippen LogP contribution in [-0.4, -0.2) is 42.5 Å². The fraction of sp³-hybridized carbons (Fsp3) is 0.600. The van der Waals surface area contributed by atoms with Crippen molar-refractivity contribution >= 4 is 23.3 Å². The molecular formula is C20H29N3O5. The van der Waals surface area contributed by atoms with Gasteiger partial charge in [0.05, 0.1) is 10.5 Å². The first kappa shape index (κ1) is 21.7. The molecule has 1 aliphatic heterocycles. The van der Waals surface area contributed by atoms with Gasteiger partial charge in [-0.2, -0.15) is 0 Å². The molecule has 0 bridgehead atoms. The van der Waals surface area contributed by atoms with E-state index < -0.39 is 17.5 Å². The van der Waals surface area contributed by atoms with Gasteiger partial charge in [0.1, 0.15) is 5.69 Å². The van der Waals surface area contributed by atoms with Crippen LogP contribution in [0, 0.1) is 10.1 Å². The van der Waals surface area contributed by atoms with E-state index in [9.17, 15) is 19.7 Å². The number of hydrogen-bond acceptors (Lipinski definition) is 6. The summed E-state index contributed by atoms with van der Waals surface area (Å²) in [4.78, 5) is 37.0. The number of unbranched alkanes of at least 4 members (excludes halogenated alkanes) is 2. The second-order valence-electron chi connectivity index (χ2n) is 7.20. The molecule has 1 fully saturated rings. The maximum atomic E-state index is 12.2. The molecule has 28 heavy (non-hydrogen) atoms. The minimum Gasteiger partial charge on any atom is -0.452 e. The number of nitro benzene ring substituents is 1. The smallest absolute Gasteiger partial charge is 0.338 e. The molecule has 154 valence electrons. The van der Waals surface area contributed by atoms with Crippen LogP contribution in [-0.2, 0) is 9.53 Å². The normalized spacial score (nSPS) is 14.6. The summed E-state index contributed by atoms with van der Waals surface area (Å²) in [6.45, 7) is 5.15. The first-order valence-electron chi connectivity index (χ1n) is 9.92. The van der Waals surface area contributed by atoms with Gasteiger partial charge in [0.25, 0.3) is 11.6 Å². The Labute approximate surface area is 165 Å². The van der Waals surface area contributed by atoms with Crippen LogP contribution in [0.2, 0.25) is 0 Å². The average Bonchev–Trinajstić information content (AvgIpc) is 3.20. The third-order valence-electron chi connectivity index (χ3n) is 4.84. The van der Waals surface area contributed by atoms with Gasteiger partial charge < -0.3 is 15.0 Å². The SMILES string of the molecule is CCCCC[C@@H](C)NC(=O)COC(=O)c1ccc(N2CCCC2)c([N+](=O)[O-])c1. The molecule has 1 aromatic rings. The number of benzene rings is 1. The lowest BCUT2D eigenvalue weighted by Gasteiger charge is -2.17. The molecular weight excluding hydrogens is 362 g/mol. The molecule has 0 unspecified atom stereocenters. The number of carbonyl (C=O) groups is 2. The lowest BCUT2D eigenvalue weighted by molar-refractivity contribution is -0.384. The van der Waals surface area contributed by atoms with Crippen molar-refractivity contribution in [2.24, 2.45) is 0 Å². The minimum atomic E-state index is -0.746. The van der Waals surface area contributed by atoms with Crippen molar-refractivity contribution in [1.29, 1.82) is 0 Å². The molecule has 1 saturated heterocycles. The van der Waals surface area contributed by atoms with Crippen molar-refractivity contribution < 1.29 is 19.2 Å². The Bertz CT molecular complexity index is 701. The van der Waals surface area contributed by atoms with Gasteiger partial charge in [-0.3, -0.25) is 14.9 Å². The lowest BCUT2D eigenvalue weighted by Crippen LogP contribution is -2.35. The van der Waals surface area contributed by atoms with Crippen LogP contribution in [0.3, 0.4) is 0 Å². The zero-order chi connectivity index (χ0) is 20.5. The van der Waals surface area contributed by atoms with Gasteiger partial charge in [0, 0.05) is 25.2 Å². The molecule has 2 rings (SSSR count). The lowest BCUT2D eigenvalue weighted by atomic mass is 10.1. The zero-order valence-electron chi connectivity index (χ0n) is 16.6. The van der Waals surface area contributed by atoms with Crippen LogP contribution >= 0.6 is 0 Å². The number of amides is 1. The van der Waals surface area contributed by atoms with E-state index in [4.69, 9.17) is 4.74 Å². The first-order chi connectivity index (χ1) is 13.4. The predicted octanol–water partition coefficient (Wildman–Crippen LogP) is 3.44. The monoisotopic (exact) mass is 391 g/mol. The molecule has 1 N–H and O–H groups in total. The van der Waals surface area contributed by atoms with Crippen molar-refractivity contribution in [3.8, 4) is 0 Å². The Balaban J connectivity index is 1.92. The number of anilines is 1. The molecule has 8 heteroatoms. The highest BCUT2D eigenvalue weighted by Crippen LogP contribution is 2.31. The van der Waals surface area contributed by atoms with Crippen LogP contribution in [0.15, 0.2) is 18.2 Å². The van der Waals surface area contributed by atoms with Gasteiger partial charge in [-0.1, -0.05) is 26.2 Å². The van der Waals surface area contributed by atoms with E-state index in [1.165, 1.54) is 12.1 Å². The molecule has 0 aromatic heterocycles. The highest BCUT2D eigenvalue weighted by Gasteiger charge is 2.24. The van der Waals surface area contributed by atoms with Crippen molar-refractivity contribution in [3.05, 3.63) is 33.9 Å². The van der Waals surface area contributed by atoms with Crippen LogP contribution in [0.25, 0.3) is 0 Å². The first-order valence-corrected chi connectivity index (χ1v) is 9.92. The predicted molar refractivity (Wildman–Crippen MR) is 107 cm³/mol. The number of nitrogens with one attached hydrogen (secondary N) is 1. The van der Waals surface area contributed by atoms with Gasteiger partial charge in [-0.15, -0.1) is 0 Å². The summed E-state index contributed by atoms with van der Waals surface area (Å²) in [5.74, 6) is -1.12. The van der Waals surface area contributed by atoms with E-state index >= 15 is 0 Å². The number of esters is 1. The summed E-state index contributed by atoms with van der Waals surface area (Å²) in [7, 11) is 0. The number of ether oxygens (including phenoxy) is 1. The van der Waals surface area contributed by atoms with Crippen LogP contribution in [0.4, 0.5) is 11.4 Å². The second kappa shape index (κ2) is 10.6. The molecule has 0 saturated carbocycles. The topological polar surface area (TPSA) is 102 Å². The molecule has 1 aliphatic rings. The second-order valence-corrected chi connectivity index (χ2v) is 7.20. The Kier molecular flexibility index (Phi) is 8.22. The van der Waals surface area contributed by atoms with Crippen molar-refractivity contribution in [2.75, 3.05) is 24.6 Å². The Hall–Kier alpha value is -2.64.